The Balaban J connectivity index is 1.24. The van der Waals surface area contributed by atoms with Crippen LogP contribution in [0.4, 0.5) is 8.78 Å². The van der Waals surface area contributed by atoms with Crippen LogP contribution < -0.4 is 10.1 Å². The van der Waals surface area contributed by atoms with Gasteiger partial charge in [-0.15, -0.1) is 5.10 Å². The number of piperazine rings is 1. The number of ether oxygens (including phenoxy) is 2. The average molecular weight is 559 g/mol. The van der Waals surface area contributed by atoms with E-state index < -0.39 is 17.7 Å². The van der Waals surface area contributed by atoms with E-state index in [1.807, 2.05) is 17.7 Å². The molecule has 1 aliphatic carbocycles. The van der Waals surface area contributed by atoms with E-state index in [2.05, 4.69) is 30.5 Å². The van der Waals surface area contributed by atoms with Gasteiger partial charge in [0.2, 0.25) is 5.88 Å². The number of methoxy groups -OCH3 is 1. The van der Waals surface area contributed by atoms with Crippen molar-refractivity contribution in [3.63, 3.8) is 0 Å². The summed E-state index contributed by atoms with van der Waals surface area (Å²) in [6.45, 7) is 6.17. The van der Waals surface area contributed by atoms with Gasteiger partial charge in [0.1, 0.15) is 46.5 Å². The molecule has 1 N–H and O–H groups in total. The number of hydrogen-bond acceptors (Lipinski definition) is 8. The first-order chi connectivity index (χ1) is 18.9. The topological polar surface area (TPSA) is 94.6 Å². The molecule has 4 aromatic rings. The zero-order valence-corrected chi connectivity index (χ0v) is 22.4. The monoisotopic (exact) mass is 558 g/mol. The fourth-order valence-corrected chi connectivity index (χ4v) is 5.64. The minimum atomic E-state index is -0.878. The number of nitrogens with zero attached hydrogens (tertiary/aromatic N) is 7. The second-order valence-corrected chi connectivity index (χ2v) is 10.3. The second kappa shape index (κ2) is 10.8. The van der Waals surface area contributed by atoms with Crippen LogP contribution in [0.1, 0.15) is 36.4 Å². The molecule has 0 radical (unpaired) electrons. The minimum absolute atomic E-state index is 0.0542. The van der Waals surface area contributed by atoms with Gasteiger partial charge in [-0.1, -0.05) is 16.8 Å². The lowest BCUT2D eigenvalue weighted by Gasteiger charge is -2.44. The number of fused-ring (bicyclic) bond motifs is 1. The van der Waals surface area contributed by atoms with Crippen molar-refractivity contribution in [1.29, 1.82) is 0 Å². The van der Waals surface area contributed by atoms with E-state index in [0.29, 0.717) is 28.8 Å². The van der Waals surface area contributed by atoms with E-state index in [1.165, 1.54) is 13.3 Å². The Morgan fingerprint density at radius 2 is 1.90 bits per heavy atom. The molecule has 13 heteroatoms. The Labute approximate surface area is 228 Å². The quantitative estimate of drug-likeness (QED) is 0.351. The van der Waals surface area contributed by atoms with Crippen molar-refractivity contribution in [2.45, 2.75) is 38.0 Å². The van der Waals surface area contributed by atoms with Crippen LogP contribution in [-0.2, 0) is 4.74 Å². The Morgan fingerprint density at radius 3 is 2.64 bits per heavy atom. The molecule has 39 heavy (non-hydrogen) atoms. The van der Waals surface area contributed by atoms with Crippen molar-refractivity contribution >= 4 is 17.2 Å². The van der Waals surface area contributed by atoms with Crippen LogP contribution in [0.15, 0.2) is 30.6 Å². The number of rotatable bonds is 8. The van der Waals surface area contributed by atoms with Crippen molar-refractivity contribution in [1.82, 2.24) is 39.6 Å². The van der Waals surface area contributed by atoms with Crippen molar-refractivity contribution in [2.24, 2.45) is 0 Å². The van der Waals surface area contributed by atoms with Crippen molar-refractivity contribution in [2.75, 3.05) is 39.9 Å². The maximum absolute atomic E-state index is 14.3. The van der Waals surface area contributed by atoms with Crippen molar-refractivity contribution in [3.05, 3.63) is 58.8 Å². The lowest BCUT2D eigenvalue weighted by Crippen LogP contribution is -2.53. The summed E-state index contributed by atoms with van der Waals surface area (Å²) < 4.78 is 42.8. The highest BCUT2D eigenvalue weighted by molar-refractivity contribution is 6.29. The first-order valence-corrected chi connectivity index (χ1v) is 13.3. The highest BCUT2D eigenvalue weighted by atomic mass is 35.5. The van der Waals surface area contributed by atoms with Gasteiger partial charge in [-0.05, 0) is 25.8 Å². The van der Waals surface area contributed by atoms with Gasteiger partial charge in [0.05, 0.1) is 24.1 Å². The number of halogens is 3. The maximum Gasteiger partial charge on any atom is 0.201 e. The highest BCUT2D eigenvalue weighted by Crippen LogP contribution is 2.38. The summed E-state index contributed by atoms with van der Waals surface area (Å²) in [5.41, 5.74) is 2.95. The summed E-state index contributed by atoms with van der Waals surface area (Å²) in [5, 5.41) is 12.8. The summed E-state index contributed by atoms with van der Waals surface area (Å²) in [5.74, 6) is -1.21. The molecule has 0 spiro atoms. The van der Waals surface area contributed by atoms with E-state index in [0.717, 1.165) is 68.2 Å². The van der Waals surface area contributed by atoms with Gasteiger partial charge in [0.25, 0.3) is 0 Å². The van der Waals surface area contributed by atoms with Crippen LogP contribution in [0.5, 0.6) is 5.88 Å². The molecule has 1 saturated carbocycles. The van der Waals surface area contributed by atoms with Crippen LogP contribution in [0.2, 0.25) is 5.15 Å². The maximum atomic E-state index is 14.3. The first-order valence-electron chi connectivity index (χ1n) is 12.9. The molecule has 6 rings (SSSR count). The smallest absolute Gasteiger partial charge is 0.201 e. The Hall–Kier alpha value is -3.19. The largest absolute Gasteiger partial charge is 0.475 e. The van der Waals surface area contributed by atoms with Crippen LogP contribution in [0.3, 0.4) is 0 Å². The fraction of sp³-hybridized carbons (Fsp3) is 0.462. The highest BCUT2D eigenvalue weighted by Gasteiger charge is 2.37. The molecular weight excluding hydrogens is 530 g/mol. The van der Waals surface area contributed by atoms with E-state index in [9.17, 15) is 8.78 Å². The van der Waals surface area contributed by atoms with Crippen molar-refractivity contribution in [3.8, 4) is 17.1 Å². The van der Waals surface area contributed by atoms with E-state index in [4.69, 9.17) is 21.1 Å². The molecule has 1 atom stereocenters. The molecule has 1 aliphatic heterocycles. The van der Waals surface area contributed by atoms with Gasteiger partial charge in [-0.25, -0.2) is 18.4 Å². The standard InChI is InChI=1S/C26H29ClF2N8O2/c1-15-25(33-34-37(15)19-10-18(11-19)35-5-3-30-4-6-35)16-7-23-31-13-22(27)36(23)24(8-16)39-14-21(38-2)26-20(29)9-17(28)12-32-26/h7-9,12-13,18-19,21,30H,3-6,10-11,14H2,1-2H3. The van der Waals surface area contributed by atoms with E-state index in [-0.39, 0.29) is 12.3 Å². The summed E-state index contributed by atoms with van der Waals surface area (Å²) in [7, 11) is 1.41. The molecule has 4 aromatic heterocycles. The zero-order chi connectivity index (χ0) is 27.1. The molecule has 1 unspecified atom stereocenters. The first kappa shape index (κ1) is 26.1. The predicted molar refractivity (Wildman–Crippen MR) is 140 cm³/mol. The SMILES string of the molecule is COC(COc1cc(-c2nnn(C3CC(N4CCNCC4)C3)c2C)cc2ncc(Cl)n12)c1ncc(F)cc1F. The van der Waals surface area contributed by atoms with Crippen LogP contribution in [0, 0.1) is 18.6 Å². The molecule has 206 valence electrons. The van der Waals surface area contributed by atoms with Gasteiger partial charge in [-0.2, -0.15) is 0 Å². The van der Waals surface area contributed by atoms with Crippen molar-refractivity contribution < 1.29 is 18.3 Å². The lowest BCUT2D eigenvalue weighted by molar-refractivity contribution is 0.0497. The summed E-state index contributed by atoms with van der Waals surface area (Å²) in [4.78, 5) is 10.8. The number of pyridine rings is 2. The summed E-state index contributed by atoms with van der Waals surface area (Å²) >= 11 is 6.40. The fourth-order valence-electron chi connectivity index (χ4n) is 5.43. The van der Waals surface area contributed by atoms with Gasteiger partial charge in [-0.3, -0.25) is 14.3 Å². The number of hydrogen-bond donors (Lipinski definition) is 1. The van der Waals surface area contributed by atoms with Gasteiger partial charge in [0.15, 0.2) is 0 Å². The molecular formula is C26H29ClF2N8O2. The molecule has 0 bridgehead atoms. The van der Waals surface area contributed by atoms with Crippen LogP contribution in [-0.4, -0.2) is 80.2 Å². The van der Waals surface area contributed by atoms with Gasteiger partial charge in [0, 0.05) is 57.0 Å². The lowest BCUT2D eigenvalue weighted by atomic mass is 9.85. The number of imidazole rings is 1. The molecule has 0 amide bonds. The Morgan fingerprint density at radius 1 is 1.10 bits per heavy atom. The van der Waals surface area contributed by atoms with Gasteiger partial charge >= 0.3 is 0 Å². The Bertz CT molecular complexity index is 1480. The second-order valence-electron chi connectivity index (χ2n) is 9.95. The third-order valence-corrected chi connectivity index (χ3v) is 7.91. The third kappa shape index (κ3) is 4.97. The summed E-state index contributed by atoms with van der Waals surface area (Å²) in [6, 6.07) is 5.33. The molecule has 2 fully saturated rings. The van der Waals surface area contributed by atoms with E-state index >= 15 is 0 Å². The van der Waals surface area contributed by atoms with E-state index in [1.54, 1.807) is 10.5 Å². The molecule has 10 nitrogen and oxygen atoms in total. The number of aromatic nitrogens is 6. The summed E-state index contributed by atoms with van der Waals surface area (Å²) in [6.07, 6.45) is 3.70. The number of nitrogens with one attached hydrogen (secondary N) is 1. The average Bonchev–Trinajstić information content (AvgIpc) is 3.47. The minimum Gasteiger partial charge on any atom is -0.475 e. The Kier molecular flexibility index (Phi) is 7.19. The van der Waals surface area contributed by atoms with Crippen LogP contribution in [0.25, 0.3) is 16.9 Å². The normalized spacial score (nSPS) is 20.7. The molecule has 2 aliphatic rings. The molecule has 0 aromatic carbocycles. The zero-order valence-electron chi connectivity index (χ0n) is 21.6. The molecule has 5 heterocycles. The van der Waals surface area contributed by atoms with Crippen LogP contribution >= 0.6 is 11.6 Å². The predicted octanol–water partition coefficient (Wildman–Crippen LogP) is 3.60. The van der Waals surface area contributed by atoms with Gasteiger partial charge < -0.3 is 14.8 Å². The third-order valence-electron chi connectivity index (χ3n) is 7.64. The molecule has 1 saturated heterocycles.